The first-order valence-electron chi connectivity index (χ1n) is 5.33. The summed E-state index contributed by atoms with van der Waals surface area (Å²) in [5, 5.41) is 1.76. The highest BCUT2D eigenvalue weighted by molar-refractivity contribution is 5.80. The minimum Gasteiger partial charge on any atom is -0.364 e. The third-order valence-electron chi connectivity index (χ3n) is 2.55. The van der Waals surface area contributed by atoms with Gasteiger partial charge in [-0.3, -0.25) is 0 Å². The molecule has 0 radical (unpaired) electrons. The van der Waals surface area contributed by atoms with E-state index in [9.17, 15) is 4.79 Å². The van der Waals surface area contributed by atoms with Crippen LogP contribution in [0.25, 0.3) is 0 Å². The van der Waals surface area contributed by atoms with Crippen LogP contribution in [0.4, 0.5) is 0 Å². The van der Waals surface area contributed by atoms with Crippen molar-refractivity contribution in [3.63, 3.8) is 0 Å². The summed E-state index contributed by atoms with van der Waals surface area (Å²) in [7, 11) is 0. The predicted octanol–water partition coefficient (Wildman–Crippen LogP) is 2.39. The normalized spacial score (nSPS) is 24.5. The Hall–Kier alpha value is -0.830. The van der Waals surface area contributed by atoms with E-state index in [0.717, 1.165) is 19.5 Å². The van der Waals surface area contributed by atoms with Gasteiger partial charge in [0.2, 0.25) is 0 Å². The Morgan fingerprint density at radius 1 is 1.27 bits per heavy atom. The predicted molar refractivity (Wildman–Crippen MR) is 60.0 cm³/mol. The SMILES string of the molecule is C=CC(=O)ON1CC(C)(C)CC(C)(C)C1. The van der Waals surface area contributed by atoms with Crippen molar-refractivity contribution in [1.82, 2.24) is 5.06 Å². The second kappa shape index (κ2) is 3.97. The molecule has 0 aromatic rings. The zero-order valence-corrected chi connectivity index (χ0v) is 10.2. The Morgan fingerprint density at radius 2 is 1.73 bits per heavy atom. The molecule has 3 heteroatoms. The summed E-state index contributed by atoms with van der Waals surface area (Å²) >= 11 is 0. The number of rotatable bonds is 2. The second-order valence-electron chi connectivity index (χ2n) is 5.92. The van der Waals surface area contributed by atoms with Gasteiger partial charge < -0.3 is 4.84 Å². The lowest BCUT2D eigenvalue weighted by molar-refractivity contribution is -0.210. The van der Waals surface area contributed by atoms with Crippen LogP contribution in [0, 0.1) is 10.8 Å². The first-order chi connectivity index (χ1) is 6.74. The van der Waals surface area contributed by atoms with Gasteiger partial charge in [-0.05, 0) is 17.3 Å². The fraction of sp³-hybridized carbons (Fsp3) is 0.750. The van der Waals surface area contributed by atoms with Crippen LogP contribution in [0.3, 0.4) is 0 Å². The average molecular weight is 211 g/mol. The molecule has 3 nitrogen and oxygen atoms in total. The molecule has 1 heterocycles. The van der Waals surface area contributed by atoms with Gasteiger partial charge in [-0.1, -0.05) is 34.3 Å². The van der Waals surface area contributed by atoms with Crippen molar-refractivity contribution in [3.05, 3.63) is 12.7 Å². The molecule has 0 unspecified atom stereocenters. The Balaban J connectivity index is 2.67. The van der Waals surface area contributed by atoms with Crippen molar-refractivity contribution >= 4 is 5.97 Å². The van der Waals surface area contributed by atoms with E-state index in [1.807, 2.05) is 0 Å². The molecule has 0 amide bonds. The van der Waals surface area contributed by atoms with Gasteiger partial charge in [-0.15, -0.1) is 5.06 Å². The monoisotopic (exact) mass is 211 g/mol. The van der Waals surface area contributed by atoms with Crippen LogP contribution in [0.2, 0.25) is 0 Å². The van der Waals surface area contributed by atoms with E-state index >= 15 is 0 Å². The van der Waals surface area contributed by atoms with Gasteiger partial charge in [0, 0.05) is 19.2 Å². The van der Waals surface area contributed by atoms with E-state index < -0.39 is 0 Å². The van der Waals surface area contributed by atoms with Crippen LogP contribution in [-0.4, -0.2) is 24.1 Å². The molecule has 1 aliphatic rings. The van der Waals surface area contributed by atoms with Crippen LogP contribution in [0.1, 0.15) is 34.1 Å². The van der Waals surface area contributed by atoms with Gasteiger partial charge in [0.15, 0.2) is 0 Å². The number of piperidine rings is 1. The Labute approximate surface area is 92.0 Å². The summed E-state index contributed by atoms with van der Waals surface area (Å²) in [6, 6.07) is 0. The molecule has 0 aromatic carbocycles. The third kappa shape index (κ3) is 3.67. The molecule has 0 saturated carbocycles. The zero-order valence-electron chi connectivity index (χ0n) is 10.2. The van der Waals surface area contributed by atoms with E-state index in [-0.39, 0.29) is 16.8 Å². The van der Waals surface area contributed by atoms with Crippen molar-refractivity contribution < 1.29 is 9.63 Å². The van der Waals surface area contributed by atoms with Crippen LogP contribution >= 0.6 is 0 Å². The number of nitrogens with zero attached hydrogens (tertiary/aromatic N) is 1. The van der Waals surface area contributed by atoms with Gasteiger partial charge in [0.05, 0.1) is 0 Å². The average Bonchev–Trinajstić information content (AvgIpc) is 1.97. The van der Waals surface area contributed by atoms with Crippen molar-refractivity contribution in [1.29, 1.82) is 0 Å². The van der Waals surface area contributed by atoms with E-state index in [4.69, 9.17) is 4.84 Å². The van der Waals surface area contributed by atoms with Crippen molar-refractivity contribution in [3.8, 4) is 0 Å². The minimum atomic E-state index is -0.372. The fourth-order valence-electron chi connectivity index (χ4n) is 2.65. The van der Waals surface area contributed by atoms with Gasteiger partial charge in [0.25, 0.3) is 0 Å². The lowest BCUT2D eigenvalue weighted by Crippen LogP contribution is -2.48. The molecule has 0 aliphatic carbocycles. The van der Waals surface area contributed by atoms with E-state index in [1.54, 1.807) is 5.06 Å². The number of carbonyl (C=O) groups is 1. The highest BCUT2D eigenvalue weighted by Crippen LogP contribution is 2.39. The first-order valence-corrected chi connectivity index (χ1v) is 5.33. The van der Waals surface area contributed by atoms with Crippen molar-refractivity contribution in [2.24, 2.45) is 10.8 Å². The smallest absolute Gasteiger partial charge is 0.349 e. The minimum absolute atomic E-state index is 0.184. The van der Waals surface area contributed by atoms with E-state index in [1.165, 1.54) is 6.08 Å². The lowest BCUT2D eigenvalue weighted by Gasteiger charge is -2.45. The number of carbonyl (C=O) groups excluding carboxylic acids is 1. The zero-order chi connectivity index (χ0) is 11.7. The van der Waals surface area contributed by atoms with Crippen LogP contribution in [0.5, 0.6) is 0 Å². The van der Waals surface area contributed by atoms with Gasteiger partial charge >= 0.3 is 5.97 Å². The highest BCUT2D eigenvalue weighted by Gasteiger charge is 2.38. The first kappa shape index (κ1) is 12.2. The summed E-state index contributed by atoms with van der Waals surface area (Å²) in [4.78, 5) is 16.3. The summed E-state index contributed by atoms with van der Waals surface area (Å²) in [6.45, 7) is 13.8. The van der Waals surface area contributed by atoms with Crippen molar-refractivity contribution in [2.45, 2.75) is 34.1 Å². The molecule has 0 N–H and O–H groups in total. The number of hydrogen-bond donors (Lipinski definition) is 0. The molecule has 1 saturated heterocycles. The van der Waals surface area contributed by atoms with Crippen molar-refractivity contribution in [2.75, 3.05) is 13.1 Å². The molecule has 15 heavy (non-hydrogen) atoms. The number of hydroxylamine groups is 2. The molecule has 0 spiro atoms. The number of hydrogen-bond acceptors (Lipinski definition) is 3. The summed E-state index contributed by atoms with van der Waals surface area (Å²) < 4.78 is 0. The van der Waals surface area contributed by atoms with E-state index in [0.29, 0.717) is 0 Å². The Morgan fingerprint density at radius 3 is 2.13 bits per heavy atom. The van der Waals surface area contributed by atoms with Gasteiger partial charge in [-0.2, -0.15) is 0 Å². The fourth-order valence-corrected chi connectivity index (χ4v) is 2.65. The largest absolute Gasteiger partial charge is 0.364 e. The van der Waals surface area contributed by atoms with E-state index in [2.05, 4.69) is 34.3 Å². The quantitative estimate of drug-likeness (QED) is 0.657. The maximum Gasteiger partial charge on any atom is 0.349 e. The summed E-state index contributed by atoms with van der Waals surface area (Å²) in [6.07, 6.45) is 2.34. The molecular weight excluding hydrogens is 190 g/mol. The standard InChI is InChI=1S/C12H21NO2/c1-6-10(14)15-13-8-11(2,3)7-12(4,5)9-13/h6H,1,7-9H2,2-5H3. The third-order valence-corrected chi connectivity index (χ3v) is 2.55. The highest BCUT2D eigenvalue weighted by atomic mass is 16.7. The Bertz CT molecular complexity index is 253. The molecule has 1 rings (SSSR count). The molecule has 0 atom stereocenters. The molecule has 0 aromatic heterocycles. The summed E-state index contributed by atoms with van der Waals surface area (Å²) in [5.41, 5.74) is 0.367. The maximum absolute atomic E-state index is 11.1. The topological polar surface area (TPSA) is 29.5 Å². The maximum atomic E-state index is 11.1. The lowest BCUT2D eigenvalue weighted by atomic mass is 9.72. The molecule has 1 aliphatic heterocycles. The van der Waals surface area contributed by atoms with Crippen LogP contribution in [-0.2, 0) is 9.63 Å². The second-order valence-corrected chi connectivity index (χ2v) is 5.92. The van der Waals surface area contributed by atoms with Gasteiger partial charge in [-0.25, -0.2) is 4.79 Å². The molecule has 86 valence electrons. The summed E-state index contributed by atoms with van der Waals surface area (Å²) in [5.74, 6) is -0.372. The van der Waals surface area contributed by atoms with Gasteiger partial charge in [0.1, 0.15) is 0 Å². The molecular formula is C12H21NO2. The molecule has 0 bridgehead atoms. The molecule has 1 fully saturated rings. The van der Waals surface area contributed by atoms with Crippen LogP contribution < -0.4 is 0 Å². The van der Waals surface area contributed by atoms with Crippen LogP contribution in [0.15, 0.2) is 12.7 Å². The Kier molecular flexibility index (Phi) is 3.24.